The van der Waals surface area contributed by atoms with Crippen molar-refractivity contribution in [2.45, 2.75) is 31.5 Å². The number of rotatable bonds is 3. The van der Waals surface area contributed by atoms with Gasteiger partial charge >= 0.3 is 0 Å². The maximum atomic E-state index is 4.82. The second kappa shape index (κ2) is 5.53. The van der Waals surface area contributed by atoms with Crippen molar-refractivity contribution < 1.29 is 0 Å². The third-order valence-electron chi connectivity index (χ3n) is 4.23. The molecule has 3 heterocycles. The Labute approximate surface area is 122 Å². The lowest BCUT2D eigenvalue weighted by Gasteiger charge is -2.32. The molecule has 2 aromatic rings. The van der Waals surface area contributed by atoms with E-state index in [1.807, 2.05) is 6.07 Å². The molecular formula is C15H20BrN3. The van der Waals surface area contributed by atoms with E-state index in [2.05, 4.69) is 50.5 Å². The third kappa shape index (κ3) is 2.38. The number of hydrogen-bond acceptors (Lipinski definition) is 2. The molecule has 0 aromatic carbocycles. The van der Waals surface area contributed by atoms with E-state index in [-0.39, 0.29) is 0 Å². The summed E-state index contributed by atoms with van der Waals surface area (Å²) in [5.74, 6) is 2.07. The summed E-state index contributed by atoms with van der Waals surface area (Å²) in [5, 5.41) is 0.848. The average Bonchev–Trinajstić information content (AvgIpc) is 2.85. The maximum absolute atomic E-state index is 4.82. The molecular weight excluding hydrogens is 302 g/mol. The molecule has 1 saturated heterocycles. The summed E-state index contributed by atoms with van der Waals surface area (Å²) >= 11 is 3.61. The van der Waals surface area contributed by atoms with E-state index in [0.29, 0.717) is 0 Å². The molecule has 0 unspecified atom stereocenters. The fraction of sp³-hybridized carbons (Fsp3) is 0.533. The smallest absolute Gasteiger partial charge is 0.152 e. The summed E-state index contributed by atoms with van der Waals surface area (Å²) in [6.07, 6.45) is 6.00. The van der Waals surface area contributed by atoms with Gasteiger partial charge in [0.05, 0.1) is 5.69 Å². The monoisotopic (exact) mass is 321 g/mol. The number of fused-ring (bicyclic) bond motifs is 1. The first-order valence-electron chi connectivity index (χ1n) is 7.10. The minimum absolute atomic E-state index is 0.848. The predicted molar refractivity (Wildman–Crippen MR) is 83.1 cm³/mol. The number of nitrogens with zero attached hydrogens (tertiary/aromatic N) is 3. The van der Waals surface area contributed by atoms with Crippen LogP contribution in [0, 0.1) is 5.92 Å². The van der Waals surface area contributed by atoms with Gasteiger partial charge in [0.1, 0.15) is 5.65 Å². The molecule has 4 heteroatoms. The van der Waals surface area contributed by atoms with Crippen molar-refractivity contribution in [2.75, 3.05) is 18.0 Å². The lowest BCUT2D eigenvalue weighted by Crippen LogP contribution is -2.34. The number of piperidine rings is 1. The first-order valence-corrected chi connectivity index (χ1v) is 8.22. The summed E-state index contributed by atoms with van der Waals surface area (Å²) in [5.41, 5.74) is 2.31. The Kier molecular flexibility index (Phi) is 3.78. The molecule has 0 aliphatic carbocycles. The van der Waals surface area contributed by atoms with Crippen LogP contribution in [0.3, 0.4) is 0 Å². The number of aromatic nitrogens is 2. The minimum atomic E-state index is 0.848. The Bertz CT molecular complexity index is 556. The molecule has 0 bridgehead atoms. The highest BCUT2D eigenvalue weighted by molar-refractivity contribution is 9.08. The summed E-state index contributed by atoms with van der Waals surface area (Å²) in [6, 6.07) is 6.19. The van der Waals surface area contributed by atoms with Gasteiger partial charge in [-0.15, -0.1) is 0 Å². The first-order chi connectivity index (χ1) is 9.33. The van der Waals surface area contributed by atoms with Crippen molar-refractivity contribution >= 4 is 27.4 Å². The van der Waals surface area contributed by atoms with E-state index < -0.39 is 0 Å². The highest BCUT2D eigenvalue weighted by atomic mass is 79.9. The SMILES string of the molecule is CCC1CCN(c2nc3ccccn3c2CBr)CC1. The third-order valence-corrected chi connectivity index (χ3v) is 4.76. The Balaban J connectivity index is 1.92. The Hall–Kier alpha value is -1.03. The van der Waals surface area contributed by atoms with Gasteiger partial charge in [-0.05, 0) is 30.9 Å². The van der Waals surface area contributed by atoms with Crippen LogP contribution in [0.5, 0.6) is 0 Å². The summed E-state index contributed by atoms with van der Waals surface area (Å²) < 4.78 is 2.19. The Morgan fingerprint density at radius 1 is 1.32 bits per heavy atom. The number of imidazole rings is 1. The quantitative estimate of drug-likeness (QED) is 0.800. The fourth-order valence-electron chi connectivity index (χ4n) is 2.96. The maximum Gasteiger partial charge on any atom is 0.152 e. The number of halogens is 1. The van der Waals surface area contributed by atoms with Gasteiger partial charge in [-0.25, -0.2) is 4.98 Å². The van der Waals surface area contributed by atoms with E-state index in [1.165, 1.54) is 25.0 Å². The molecule has 0 radical (unpaired) electrons. The van der Waals surface area contributed by atoms with Crippen LogP contribution in [-0.2, 0) is 5.33 Å². The van der Waals surface area contributed by atoms with Crippen LogP contribution in [0.1, 0.15) is 31.9 Å². The number of alkyl halides is 1. The molecule has 2 aromatic heterocycles. The molecule has 3 nitrogen and oxygen atoms in total. The standard InChI is InChI=1S/C15H20BrN3/c1-2-12-6-9-18(10-7-12)15-13(11-16)19-8-4-3-5-14(19)17-15/h3-5,8,12H,2,6-7,9-11H2,1H3. The Morgan fingerprint density at radius 3 is 2.79 bits per heavy atom. The van der Waals surface area contributed by atoms with Gasteiger partial charge in [-0.2, -0.15) is 0 Å². The molecule has 102 valence electrons. The first kappa shape index (κ1) is 13.0. The minimum Gasteiger partial charge on any atom is -0.355 e. The van der Waals surface area contributed by atoms with Crippen molar-refractivity contribution in [1.29, 1.82) is 0 Å². The molecule has 19 heavy (non-hydrogen) atoms. The number of pyridine rings is 1. The van der Waals surface area contributed by atoms with E-state index in [1.54, 1.807) is 0 Å². The van der Waals surface area contributed by atoms with Gasteiger partial charge < -0.3 is 9.30 Å². The second-order valence-electron chi connectivity index (χ2n) is 5.28. The molecule has 0 saturated carbocycles. The van der Waals surface area contributed by atoms with E-state index >= 15 is 0 Å². The van der Waals surface area contributed by atoms with E-state index in [4.69, 9.17) is 4.98 Å². The van der Waals surface area contributed by atoms with Crippen LogP contribution < -0.4 is 4.90 Å². The van der Waals surface area contributed by atoms with Crippen molar-refractivity contribution in [3.05, 3.63) is 30.1 Å². The number of hydrogen-bond donors (Lipinski definition) is 0. The zero-order valence-electron chi connectivity index (χ0n) is 11.3. The zero-order valence-corrected chi connectivity index (χ0v) is 12.9. The van der Waals surface area contributed by atoms with Gasteiger partial charge in [0, 0.05) is 24.6 Å². The van der Waals surface area contributed by atoms with Gasteiger partial charge in [-0.3, -0.25) is 0 Å². The molecule has 1 aliphatic rings. The van der Waals surface area contributed by atoms with E-state index in [9.17, 15) is 0 Å². The van der Waals surface area contributed by atoms with Crippen LogP contribution >= 0.6 is 15.9 Å². The van der Waals surface area contributed by atoms with Gasteiger partial charge in [0.15, 0.2) is 5.82 Å². The fourth-order valence-corrected chi connectivity index (χ4v) is 3.49. The molecule has 0 spiro atoms. The summed E-state index contributed by atoms with van der Waals surface area (Å²) in [6.45, 7) is 4.58. The van der Waals surface area contributed by atoms with Gasteiger partial charge in [0.25, 0.3) is 0 Å². The second-order valence-corrected chi connectivity index (χ2v) is 5.84. The lowest BCUT2D eigenvalue weighted by atomic mass is 9.94. The van der Waals surface area contributed by atoms with Gasteiger partial charge in [-0.1, -0.05) is 35.3 Å². The van der Waals surface area contributed by atoms with Gasteiger partial charge in [0.2, 0.25) is 0 Å². The van der Waals surface area contributed by atoms with Crippen molar-refractivity contribution in [2.24, 2.45) is 5.92 Å². The van der Waals surface area contributed by atoms with Crippen LogP contribution in [0.2, 0.25) is 0 Å². The van der Waals surface area contributed by atoms with Crippen LogP contribution in [0.15, 0.2) is 24.4 Å². The topological polar surface area (TPSA) is 20.5 Å². The average molecular weight is 322 g/mol. The van der Waals surface area contributed by atoms with Crippen LogP contribution in [0.4, 0.5) is 5.82 Å². The largest absolute Gasteiger partial charge is 0.355 e. The van der Waals surface area contributed by atoms with Crippen molar-refractivity contribution in [3.63, 3.8) is 0 Å². The number of anilines is 1. The molecule has 0 N–H and O–H groups in total. The summed E-state index contributed by atoms with van der Waals surface area (Å²) in [7, 11) is 0. The summed E-state index contributed by atoms with van der Waals surface area (Å²) in [4.78, 5) is 7.27. The normalized spacial score (nSPS) is 17.3. The molecule has 1 fully saturated rings. The zero-order chi connectivity index (χ0) is 13.2. The van der Waals surface area contributed by atoms with Crippen molar-refractivity contribution in [1.82, 2.24) is 9.38 Å². The highest BCUT2D eigenvalue weighted by Gasteiger charge is 2.22. The molecule has 1 aliphatic heterocycles. The lowest BCUT2D eigenvalue weighted by molar-refractivity contribution is 0.393. The van der Waals surface area contributed by atoms with Crippen LogP contribution in [0.25, 0.3) is 5.65 Å². The highest BCUT2D eigenvalue weighted by Crippen LogP contribution is 2.29. The molecule has 3 rings (SSSR count). The van der Waals surface area contributed by atoms with Crippen LogP contribution in [-0.4, -0.2) is 22.5 Å². The van der Waals surface area contributed by atoms with Crippen molar-refractivity contribution in [3.8, 4) is 0 Å². The molecule has 0 atom stereocenters. The predicted octanol–water partition coefficient (Wildman–Crippen LogP) is 3.86. The Morgan fingerprint density at radius 2 is 2.11 bits per heavy atom. The van der Waals surface area contributed by atoms with E-state index in [0.717, 1.165) is 35.8 Å². The molecule has 0 amide bonds.